The number of rotatable bonds is 7. The number of hydrogen-bond acceptors (Lipinski definition) is 4. The van der Waals surface area contributed by atoms with Crippen LogP contribution in [-0.2, 0) is 0 Å². The molecule has 0 saturated carbocycles. The molecule has 0 aromatic heterocycles. The molecule has 1 fully saturated rings. The number of benzene rings is 3. The summed E-state index contributed by atoms with van der Waals surface area (Å²) in [5.41, 5.74) is 5.58. The van der Waals surface area contributed by atoms with E-state index in [4.69, 9.17) is 4.74 Å². The van der Waals surface area contributed by atoms with Gasteiger partial charge in [-0.25, -0.2) is 0 Å². The molecular formula is C29H35N3O2. The first-order valence-electron chi connectivity index (χ1n) is 12.1. The molecule has 1 aliphatic heterocycles. The second-order valence-corrected chi connectivity index (χ2v) is 9.19. The first-order valence-corrected chi connectivity index (χ1v) is 12.1. The Morgan fingerprint density at radius 3 is 2.35 bits per heavy atom. The van der Waals surface area contributed by atoms with Gasteiger partial charge in [0, 0.05) is 24.5 Å². The van der Waals surface area contributed by atoms with Crippen LogP contribution >= 0.6 is 0 Å². The Kier molecular flexibility index (Phi) is 7.53. The van der Waals surface area contributed by atoms with Crippen molar-refractivity contribution in [3.8, 4) is 16.9 Å². The minimum absolute atomic E-state index is 0.130. The van der Waals surface area contributed by atoms with E-state index in [0.29, 0.717) is 17.5 Å². The second-order valence-electron chi connectivity index (χ2n) is 9.19. The van der Waals surface area contributed by atoms with Gasteiger partial charge in [-0.15, -0.1) is 0 Å². The zero-order chi connectivity index (χ0) is 24.1. The number of carbonyl (C=O) groups is 1. The van der Waals surface area contributed by atoms with Gasteiger partial charge in [-0.05, 0) is 92.7 Å². The van der Waals surface area contributed by atoms with Crippen LogP contribution < -0.4 is 15.4 Å². The fourth-order valence-electron chi connectivity index (χ4n) is 4.82. The Balaban J connectivity index is 1.54. The Morgan fingerprint density at radius 2 is 1.71 bits per heavy atom. The van der Waals surface area contributed by atoms with E-state index in [2.05, 4.69) is 47.6 Å². The lowest BCUT2D eigenvalue weighted by Gasteiger charge is -2.35. The van der Waals surface area contributed by atoms with E-state index in [-0.39, 0.29) is 5.91 Å². The molecule has 5 nitrogen and oxygen atoms in total. The molecule has 0 unspecified atom stereocenters. The van der Waals surface area contributed by atoms with Crippen LogP contribution in [0, 0.1) is 0 Å². The lowest BCUT2D eigenvalue weighted by Crippen LogP contribution is -2.37. The van der Waals surface area contributed by atoms with Gasteiger partial charge in [0.15, 0.2) is 0 Å². The number of anilines is 2. The maximum absolute atomic E-state index is 13.2. The summed E-state index contributed by atoms with van der Waals surface area (Å²) in [6.07, 6.45) is 2.19. The molecule has 1 heterocycles. The van der Waals surface area contributed by atoms with Crippen LogP contribution in [-0.4, -0.2) is 44.1 Å². The van der Waals surface area contributed by atoms with E-state index in [0.717, 1.165) is 54.2 Å². The summed E-state index contributed by atoms with van der Waals surface area (Å²) in [6.45, 7) is 6.68. The summed E-state index contributed by atoms with van der Waals surface area (Å²) >= 11 is 0. The summed E-state index contributed by atoms with van der Waals surface area (Å²) in [4.78, 5) is 15.7. The zero-order valence-corrected chi connectivity index (χ0v) is 20.6. The molecule has 0 radical (unpaired) electrons. The van der Waals surface area contributed by atoms with E-state index < -0.39 is 0 Å². The van der Waals surface area contributed by atoms with Crippen molar-refractivity contribution >= 4 is 17.3 Å². The maximum Gasteiger partial charge on any atom is 0.257 e. The van der Waals surface area contributed by atoms with E-state index in [9.17, 15) is 4.79 Å². The predicted molar refractivity (Wildman–Crippen MR) is 141 cm³/mol. The van der Waals surface area contributed by atoms with Crippen molar-refractivity contribution in [3.63, 3.8) is 0 Å². The third-order valence-corrected chi connectivity index (χ3v) is 6.83. The predicted octanol–water partition coefficient (Wildman–Crippen LogP) is 6.24. The number of nitrogens with zero attached hydrogens (tertiary/aromatic N) is 1. The molecule has 178 valence electrons. The monoisotopic (exact) mass is 457 g/mol. The normalized spacial score (nSPS) is 14.7. The number of nitrogens with one attached hydrogen (secondary N) is 2. The van der Waals surface area contributed by atoms with E-state index >= 15 is 0 Å². The third kappa shape index (κ3) is 5.26. The summed E-state index contributed by atoms with van der Waals surface area (Å²) in [7, 11) is 3.56. The smallest absolute Gasteiger partial charge is 0.257 e. The van der Waals surface area contributed by atoms with Gasteiger partial charge in [-0.1, -0.05) is 36.4 Å². The highest BCUT2D eigenvalue weighted by atomic mass is 16.5. The molecule has 0 atom stereocenters. The van der Waals surface area contributed by atoms with Crippen molar-refractivity contribution in [2.75, 3.05) is 37.9 Å². The maximum atomic E-state index is 13.2. The number of carbonyl (C=O) groups excluding carboxylic acids is 1. The minimum atomic E-state index is -0.130. The topological polar surface area (TPSA) is 53.6 Å². The Hall–Kier alpha value is -3.31. The number of amides is 1. The Bertz CT molecular complexity index is 1120. The van der Waals surface area contributed by atoms with Crippen molar-refractivity contribution in [1.82, 2.24) is 4.90 Å². The van der Waals surface area contributed by atoms with Crippen LogP contribution in [0.15, 0.2) is 66.7 Å². The highest BCUT2D eigenvalue weighted by molar-refractivity contribution is 6.08. The molecule has 3 aromatic rings. The van der Waals surface area contributed by atoms with E-state index in [1.807, 2.05) is 55.6 Å². The van der Waals surface area contributed by atoms with Crippen molar-refractivity contribution in [2.24, 2.45) is 0 Å². The van der Waals surface area contributed by atoms with Gasteiger partial charge < -0.3 is 20.3 Å². The van der Waals surface area contributed by atoms with Crippen molar-refractivity contribution < 1.29 is 9.53 Å². The molecule has 4 rings (SSSR count). The summed E-state index contributed by atoms with van der Waals surface area (Å²) in [5, 5.41) is 6.29. The van der Waals surface area contributed by atoms with Crippen molar-refractivity contribution in [2.45, 2.75) is 38.6 Å². The van der Waals surface area contributed by atoms with Gasteiger partial charge in [0.1, 0.15) is 5.75 Å². The lowest BCUT2D eigenvalue weighted by atomic mass is 9.88. The highest BCUT2D eigenvalue weighted by Crippen LogP contribution is 2.36. The molecule has 2 N–H and O–H groups in total. The molecule has 34 heavy (non-hydrogen) atoms. The Labute approximate surface area is 203 Å². The quantitative estimate of drug-likeness (QED) is 0.441. The highest BCUT2D eigenvalue weighted by Gasteiger charge is 2.25. The summed E-state index contributed by atoms with van der Waals surface area (Å²) < 4.78 is 5.67. The van der Waals surface area contributed by atoms with Gasteiger partial charge in [-0.2, -0.15) is 0 Å². The van der Waals surface area contributed by atoms with Crippen LogP contribution in [0.1, 0.15) is 48.5 Å². The number of ether oxygens (including phenoxy) is 1. The number of methoxy groups -OCH3 is 1. The zero-order valence-electron chi connectivity index (χ0n) is 20.6. The number of hydrogen-bond donors (Lipinski definition) is 2. The minimum Gasteiger partial charge on any atom is -0.496 e. The summed E-state index contributed by atoms with van der Waals surface area (Å²) in [5.74, 6) is 1.19. The van der Waals surface area contributed by atoms with Crippen LogP contribution in [0.4, 0.5) is 11.4 Å². The average Bonchev–Trinajstić information content (AvgIpc) is 2.88. The van der Waals surface area contributed by atoms with Gasteiger partial charge in [0.2, 0.25) is 0 Å². The average molecular weight is 458 g/mol. The van der Waals surface area contributed by atoms with Crippen LogP contribution in [0.3, 0.4) is 0 Å². The summed E-state index contributed by atoms with van der Waals surface area (Å²) in [6, 6.07) is 22.6. The molecule has 0 aliphatic carbocycles. The van der Waals surface area contributed by atoms with Crippen molar-refractivity contribution in [1.29, 1.82) is 0 Å². The SMILES string of the molecule is CNc1cc(-c2ccccc2)ccc1C(=O)Nc1ccc(OC)c(C2CCN(C(C)C)CC2)c1. The van der Waals surface area contributed by atoms with Gasteiger partial charge in [-0.3, -0.25) is 4.79 Å². The van der Waals surface area contributed by atoms with E-state index in [1.54, 1.807) is 7.11 Å². The molecule has 1 amide bonds. The third-order valence-electron chi connectivity index (χ3n) is 6.83. The fraction of sp³-hybridized carbons (Fsp3) is 0.345. The number of piperidine rings is 1. The van der Waals surface area contributed by atoms with Gasteiger partial charge >= 0.3 is 0 Å². The van der Waals surface area contributed by atoms with Crippen LogP contribution in [0.25, 0.3) is 11.1 Å². The molecular weight excluding hydrogens is 422 g/mol. The molecule has 5 heteroatoms. The fourth-order valence-corrected chi connectivity index (χ4v) is 4.82. The van der Waals surface area contributed by atoms with Crippen molar-refractivity contribution in [3.05, 3.63) is 77.9 Å². The van der Waals surface area contributed by atoms with Gasteiger partial charge in [0.05, 0.1) is 12.7 Å². The van der Waals surface area contributed by atoms with E-state index in [1.165, 1.54) is 5.56 Å². The second kappa shape index (κ2) is 10.7. The first kappa shape index (κ1) is 23.8. The van der Waals surface area contributed by atoms with Gasteiger partial charge in [0.25, 0.3) is 5.91 Å². The first-order chi connectivity index (χ1) is 16.5. The lowest BCUT2D eigenvalue weighted by molar-refractivity contribution is 0.102. The van der Waals surface area contributed by atoms with Crippen LogP contribution in [0.2, 0.25) is 0 Å². The molecule has 1 aliphatic rings. The molecule has 0 bridgehead atoms. The molecule has 0 spiro atoms. The molecule has 3 aromatic carbocycles. The molecule has 1 saturated heterocycles. The van der Waals surface area contributed by atoms with Crippen LogP contribution in [0.5, 0.6) is 5.75 Å². The largest absolute Gasteiger partial charge is 0.496 e. The standard InChI is InChI=1S/C29H35N3O2/c1-20(2)32-16-14-22(15-17-32)26-19-24(11-13-28(26)34-4)31-29(33)25-12-10-23(18-27(25)30-3)21-8-6-5-7-9-21/h5-13,18-20,22,30H,14-17H2,1-4H3,(H,31,33). The number of likely N-dealkylation sites (tertiary alicyclic amines) is 1. The Morgan fingerprint density at radius 1 is 0.971 bits per heavy atom.